The Hall–Kier alpha value is -3.71. The zero-order valence-electron chi connectivity index (χ0n) is 16.9. The number of benzene rings is 2. The molecule has 0 bridgehead atoms. The van der Waals surface area contributed by atoms with E-state index in [0.29, 0.717) is 23.0 Å². The zero-order chi connectivity index (χ0) is 21.4. The molecular weight excluding hydrogens is 408 g/mol. The first-order chi connectivity index (χ1) is 15.1. The number of rotatable bonds is 5. The van der Waals surface area contributed by atoms with Crippen LogP contribution in [-0.2, 0) is 13.0 Å². The maximum absolute atomic E-state index is 13.0. The van der Waals surface area contributed by atoms with E-state index in [-0.39, 0.29) is 11.5 Å². The molecule has 0 saturated heterocycles. The molecule has 0 aliphatic rings. The first kappa shape index (κ1) is 19.3. The number of aromatic amines is 1. The van der Waals surface area contributed by atoms with Crippen LogP contribution in [0.15, 0.2) is 71.0 Å². The molecule has 0 fully saturated rings. The second-order valence-corrected chi connectivity index (χ2v) is 8.35. The Morgan fingerprint density at radius 2 is 1.97 bits per heavy atom. The van der Waals surface area contributed by atoms with Crippen molar-refractivity contribution in [1.82, 2.24) is 20.1 Å². The maximum Gasteiger partial charge on any atom is 0.280 e. The Balaban J connectivity index is 1.55. The third-order valence-electron chi connectivity index (χ3n) is 5.39. The summed E-state index contributed by atoms with van der Waals surface area (Å²) >= 11 is 1.60. The number of thiophene rings is 1. The highest BCUT2D eigenvalue weighted by atomic mass is 32.1. The number of amides is 1. The number of hydrogen-bond acceptors (Lipinski definition) is 4. The lowest BCUT2D eigenvalue weighted by atomic mass is 10.1. The summed E-state index contributed by atoms with van der Waals surface area (Å²) < 4.78 is 1.52. The molecule has 154 valence electrons. The number of nitrogens with one attached hydrogen (secondary N) is 2. The van der Waals surface area contributed by atoms with Gasteiger partial charge < -0.3 is 5.32 Å². The van der Waals surface area contributed by atoms with Gasteiger partial charge >= 0.3 is 0 Å². The molecule has 5 aromatic rings. The van der Waals surface area contributed by atoms with E-state index in [1.807, 2.05) is 41.8 Å². The fourth-order valence-electron chi connectivity index (χ4n) is 3.64. The van der Waals surface area contributed by atoms with E-state index in [9.17, 15) is 9.59 Å². The van der Waals surface area contributed by atoms with Crippen molar-refractivity contribution in [3.05, 3.63) is 92.5 Å². The fourth-order valence-corrected chi connectivity index (χ4v) is 4.29. The number of carbonyl (C=O) groups excluding carboxylic acids is 1. The predicted molar refractivity (Wildman–Crippen MR) is 124 cm³/mol. The number of nitrogens with zero attached hydrogens (tertiary/aromatic N) is 2. The molecule has 1 amide bonds. The lowest BCUT2D eigenvalue weighted by Crippen LogP contribution is -2.22. The number of pyridine rings is 1. The fraction of sp³-hybridized carbons (Fsp3) is 0.125. The molecule has 0 spiro atoms. The second-order valence-electron chi connectivity index (χ2n) is 7.31. The SMILES string of the molecule is CCc1ccc(-n2[nH]c3c(cnc4ccc(C(=O)NCc5cccs5)cc43)c2=O)cc1. The van der Waals surface area contributed by atoms with Gasteiger partial charge in [0.05, 0.1) is 28.7 Å². The van der Waals surface area contributed by atoms with Crippen LogP contribution in [0.4, 0.5) is 0 Å². The summed E-state index contributed by atoms with van der Waals surface area (Å²) in [4.78, 5) is 31.2. The summed E-state index contributed by atoms with van der Waals surface area (Å²) in [7, 11) is 0. The third kappa shape index (κ3) is 3.53. The molecule has 5 rings (SSSR count). The number of aromatic nitrogens is 3. The second kappa shape index (κ2) is 7.85. The molecule has 3 heterocycles. The molecule has 0 radical (unpaired) electrons. The van der Waals surface area contributed by atoms with E-state index < -0.39 is 0 Å². The van der Waals surface area contributed by atoms with E-state index >= 15 is 0 Å². The molecule has 3 aromatic heterocycles. The lowest BCUT2D eigenvalue weighted by Gasteiger charge is -2.06. The first-order valence-corrected chi connectivity index (χ1v) is 11.0. The Kier molecular flexibility index (Phi) is 4.88. The molecular formula is C24H20N4O2S. The normalized spacial score (nSPS) is 11.3. The Bertz CT molecular complexity index is 1450. The van der Waals surface area contributed by atoms with Gasteiger partial charge in [-0.25, -0.2) is 4.68 Å². The van der Waals surface area contributed by atoms with Gasteiger partial charge in [-0.3, -0.25) is 19.7 Å². The van der Waals surface area contributed by atoms with Gasteiger partial charge in [-0.05, 0) is 53.8 Å². The molecule has 2 aromatic carbocycles. The van der Waals surface area contributed by atoms with Crippen LogP contribution in [0.3, 0.4) is 0 Å². The molecule has 2 N–H and O–H groups in total. The summed E-state index contributed by atoms with van der Waals surface area (Å²) in [6, 6.07) is 17.2. The van der Waals surface area contributed by atoms with E-state index in [4.69, 9.17) is 0 Å². The minimum Gasteiger partial charge on any atom is -0.347 e. The minimum absolute atomic E-state index is 0.163. The van der Waals surface area contributed by atoms with E-state index in [1.165, 1.54) is 10.2 Å². The summed E-state index contributed by atoms with van der Waals surface area (Å²) in [5.74, 6) is -0.163. The molecule has 0 atom stereocenters. The number of carbonyl (C=O) groups is 1. The quantitative estimate of drug-likeness (QED) is 0.435. The molecule has 0 unspecified atom stereocenters. The molecule has 0 saturated carbocycles. The predicted octanol–water partition coefficient (Wildman–Crippen LogP) is 4.42. The minimum atomic E-state index is -0.166. The Morgan fingerprint density at radius 3 is 2.71 bits per heavy atom. The van der Waals surface area contributed by atoms with E-state index in [1.54, 1.807) is 35.7 Å². The van der Waals surface area contributed by atoms with Gasteiger partial charge in [0.25, 0.3) is 11.5 Å². The van der Waals surface area contributed by atoms with Crippen molar-refractivity contribution in [3.8, 4) is 5.69 Å². The van der Waals surface area contributed by atoms with Gasteiger partial charge in [0.15, 0.2) is 0 Å². The number of hydrogen-bond donors (Lipinski definition) is 2. The van der Waals surface area contributed by atoms with Gasteiger partial charge in [0.2, 0.25) is 0 Å². The monoisotopic (exact) mass is 428 g/mol. The van der Waals surface area contributed by atoms with Gasteiger partial charge in [-0.15, -0.1) is 11.3 Å². The van der Waals surface area contributed by atoms with Crippen molar-refractivity contribution < 1.29 is 4.79 Å². The first-order valence-electron chi connectivity index (χ1n) is 10.1. The van der Waals surface area contributed by atoms with Crippen LogP contribution in [0.25, 0.3) is 27.5 Å². The maximum atomic E-state index is 13.0. The molecule has 0 aliphatic carbocycles. The van der Waals surface area contributed by atoms with Gasteiger partial charge in [-0.2, -0.15) is 0 Å². The average Bonchev–Trinajstić information content (AvgIpc) is 3.45. The van der Waals surface area contributed by atoms with Crippen molar-refractivity contribution in [1.29, 1.82) is 0 Å². The van der Waals surface area contributed by atoms with Crippen molar-refractivity contribution in [2.75, 3.05) is 0 Å². The summed E-state index contributed by atoms with van der Waals surface area (Å²) in [6.07, 6.45) is 2.53. The van der Waals surface area contributed by atoms with Crippen LogP contribution in [-0.4, -0.2) is 20.7 Å². The van der Waals surface area contributed by atoms with Gasteiger partial charge in [0.1, 0.15) is 0 Å². The highest BCUT2D eigenvalue weighted by Crippen LogP contribution is 2.22. The van der Waals surface area contributed by atoms with Crippen LogP contribution in [0.2, 0.25) is 0 Å². The molecule has 6 nitrogen and oxygen atoms in total. The van der Waals surface area contributed by atoms with Crippen molar-refractivity contribution >= 4 is 39.0 Å². The van der Waals surface area contributed by atoms with Crippen molar-refractivity contribution in [2.24, 2.45) is 0 Å². The van der Waals surface area contributed by atoms with Crippen LogP contribution in [0.5, 0.6) is 0 Å². The Morgan fingerprint density at radius 1 is 1.13 bits per heavy atom. The lowest BCUT2D eigenvalue weighted by molar-refractivity contribution is 0.0951. The highest BCUT2D eigenvalue weighted by molar-refractivity contribution is 7.09. The zero-order valence-corrected chi connectivity index (χ0v) is 17.7. The van der Waals surface area contributed by atoms with E-state index in [0.717, 1.165) is 27.9 Å². The highest BCUT2D eigenvalue weighted by Gasteiger charge is 2.14. The number of H-pyrrole nitrogens is 1. The summed E-state index contributed by atoms with van der Waals surface area (Å²) in [6.45, 7) is 2.58. The summed E-state index contributed by atoms with van der Waals surface area (Å²) in [5.41, 5.74) is 3.72. The van der Waals surface area contributed by atoms with Crippen LogP contribution in [0, 0.1) is 0 Å². The van der Waals surface area contributed by atoms with Gasteiger partial charge in [-0.1, -0.05) is 25.1 Å². The molecule has 31 heavy (non-hydrogen) atoms. The molecule has 7 heteroatoms. The number of fused-ring (bicyclic) bond motifs is 3. The van der Waals surface area contributed by atoms with Gasteiger partial charge in [0, 0.05) is 22.0 Å². The molecule has 0 aliphatic heterocycles. The smallest absolute Gasteiger partial charge is 0.280 e. The van der Waals surface area contributed by atoms with Crippen LogP contribution >= 0.6 is 11.3 Å². The van der Waals surface area contributed by atoms with Crippen LogP contribution in [0.1, 0.15) is 27.7 Å². The summed E-state index contributed by atoms with van der Waals surface area (Å²) in [5, 5.41) is 9.37. The standard InChI is InChI=1S/C24H20N4O2S/c1-2-15-5-8-17(9-6-15)28-24(30)20-14-25-21-10-7-16(12-19(21)22(20)27-28)23(29)26-13-18-4-3-11-31-18/h3-12,14,27H,2,13H2,1H3,(H,26,29). The third-order valence-corrected chi connectivity index (χ3v) is 6.27. The van der Waals surface area contributed by atoms with Crippen LogP contribution < -0.4 is 10.9 Å². The van der Waals surface area contributed by atoms with E-state index in [2.05, 4.69) is 22.3 Å². The Labute approximate surface area is 182 Å². The number of aryl methyl sites for hydroxylation is 1. The van der Waals surface area contributed by atoms with Crippen molar-refractivity contribution in [3.63, 3.8) is 0 Å². The van der Waals surface area contributed by atoms with Crippen molar-refractivity contribution in [2.45, 2.75) is 19.9 Å². The topological polar surface area (TPSA) is 79.8 Å². The largest absolute Gasteiger partial charge is 0.347 e. The average molecular weight is 429 g/mol.